The fraction of sp³-hybridized carbons (Fsp3) is 0.625. The third-order valence-corrected chi connectivity index (χ3v) is 1.56. The molecule has 0 bridgehead atoms. The van der Waals surface area contributed by atoms with E-state index in [0.29, 0.717) is 0 Å². The van der Waals surface area contributed by atoms with Gasteiger partial charge in [0.15, 0.2) is 0 Å². The number of hydrogen-bond donors (Lipinski definition) is 1. The van der Waals surface area contributed by atoms with Gasteiger partial charge in [-0.3, -0.25) is 4.79 Å². The average molecular weight is 218 g/mol. The zero-order chi connectivity index (χ0) is 12.1. The molecule has 0 aromatic heterocycles. The summed E-state index contributed by atoms with van der Waals surface area (Å²) >= 11 is 0. The van der Waals surface area contributed by atoms with Crippen molar-refractivity contribution in [1.29, 1.82) is 0 Å². The van der Waals surface area contributed by atoms with Crippen LogP contribution in [0.3, 0.4) is 0 Å². The molecule has 0 rings (SSSR count). The standard InChI is InChI=1S/C8H12O7/c1-2-15-6(11)4-8(14,7(12)13)3-5(9)10/h14H,2-4H2,1H3,(H,9,10)(H,12,13)/p-2. The van der Waals surface area contributed by atoms with E-state index in [-0.39, 0.29) is 6.61 Å². The van der Waals surface area contributed by atoms with E-state index in [9.17, 15) is 29.7 Å². The van der Waals surface area contributed by atoms with Gasteiger partial charge in [-0.15, -0.1) is 0 Å². The second-order valence-electron chi connectivity index (χ2n) is 2.85. The van der Waals surface area contributed by atoms with Crippen LogP contribution in [0.2, 0.25) is 0 Å². The molecule has 1 atom stereocenters. The Kier molecular flexibility index (Phi) is 4.72. The Morgan fingerprint density at radius 2 is 1.80 bits per heavy atom. The molecular weight excluding hydrogens is 208 g/mol. The summed E-state index contributed by atoms with van der Waals surface area (Å²) in [6.45, 7) is 1.47. The normalized spacial score (nSPS) is 14.0. The second-order valence-corrected chi connectivity index (χ2v) is 2.85. The van der Waals surface area contributed by atoms with E-state index in [1.54, 1.807) is 0 Å². The van der Waals surface area contributed by atoms with E-state index in [0.717, 1.165) is 0 Å². The lowest BCUT2D eigenvalue weighted by Crippen LogP contribution is -2.52. The van der Waals surface area contributed by atoms with Crippen molar-refractivity contribution in [3.05, 3.63) is 0 Å². The minimum atomic E-state index is -2.79. The van der Waals surface area contributed by atoms with Crippen LogP contribution in [0.5, 0.6) is 0 Å². The number of carbonyl (C=O) groups is 3. The molecule has 0 aliphatic heterocycles. The maximum atomic E-state index is 10.9. The van der Waals surface area contributed by atoms with Gasteiger partial charge in [-0.1, -0.05) is 0 Å². The van der Waals surface area contributed by atoms with Crippen LogP contribution in [0.4, 0.5) is 0 Å². The molecular formula is C8H10O7-2. The Labute approximate surface area is 85.3 Å². The van der Waals surface area contributed by atoms with E-state index in [1.165, 1.54) is 6.92 Å². The monoisotopic (exact) mass is 218 g/mol. The van der Waals surface area contributed by atoms with E-state index in [4.69, 9.17) is 0 Å². The molecule has 1 unspecified atom stereocenters. The average Bonchev–Trinajstić information content (AvgIpc) is 2.01. The lowest BCUT2D eigenvalue weighted by molar-refractivity contribution is -0.333. The topological polar surface area (TPSA) is 127 Å². The van der Waals surface area contributed by atoms with E-state index >= 15 is 0 Å². The molecule has 0 aliphatic carbocycles. The molecule has 0 radical (unpaired) electrons. The predicted molar refractivity (Wildman–Crippen MR) is 40.8 cm³/mol. The molecule has 0 fully saturated rings. The number of carboxylic acid groups (broad SMARTS) is 2. The Hall–Kier alpha value is -1.63. The van der Waals surface area contributed by atoms with E-state index in [2.05, 4.69) is 4.74 Å². The molecule has 0 aliphatic rings. The number of ether oxygens (including phenoxy) is 1. The van der Waals surface area contributed by atoms with Crippen LogP contribution in [0.25, 0.3) is 0 Å². The summed E-state index contributed by atoms with van der Waals surface area (Å²) in [6, 6.07) is 0. The number of hydrogen-bond acceptors (Lipinski definition) is 7. The van der Waals surface area contributed by atoms with Crippen LogP contribution >= 0.6 is 0 Å². The van der Waals surface area contributed by atoms with Gasteiger partial charge in [0.2, 0.25) is 0 Å². The molecule has 7 nitrogen and oxygen atoms in total. The third kappa shape index (κ3) is 4.41. The van der Waals surface area contributed by atoms with Gasteiger partial charge in [0, 0.05) is 12.4 Å². The summed E-state index contributed by atoms with van der Waals surface area (Å²) in [6.07, 6.45) is -2.22. The van der Waals surface area contributed by atoms with Crippen molar-refractivity contribution in [2.45, 2.75) is 25.4 Å². The van der Waals surface area contributed by atoms with Crippen LogP contribution in [0, 0.1) is 0 Å². The highest BCUT2D eigenvalue weighted by Gasteiger charge is 2.32. The molecule has 0 saturated carbocycles. The van der Waals surface area contributed by atoms with Crippen LogP contribution in [-0.4, -0.2) is 35.2 Å². The zero-order valence-corrected chi connectivity index (χ0v) is 8.02. The zero-order valence-electron chi connectivity index (χ0n) is 8.02. The maximum absolute atomic E-state index is 10.9. The molecule has 86 valence electrons. The smallest absolute Gasteiger partial charge is 0.309 e. The van der Waals surface area contributed by atoms with Crippen LogP contribution in [0.1, 0.15) is 19.8 Å². The van der Waals surface area contributed by atoms with Crippen molar-refractivity contribution < 1.29 is 34.4 Å². The van der Waals surface area contributed by atoms with Crippen molar-refractivity contribution >= 4 is 17.9 Å². The highest BCUT2D eigenvalue weighted by molar-refractivity contribution is 5.87. The molecule has 0 saturated heterocycles. The van der Waals surface area contributed by atoms with Gasteiger partial charge in [0.25, 0.3) is 0 Å². The first-order chi connectivity index (χ1) is 6.81. The summed E-state index contributed by atoms with van der Waals surface area (Å²) in [5.41, 5.74) is -2.79. The summed E-state index contributed by atoms with van der Waals surface area (Å²) in [7, 11) is 0. The number of carboxylic acids is 2. The lowest BCUT2D eigenvalue weighted by Gasteiger charge is -2.28. The molecule has 0 spiro atoms. The van der Waals surface area contributed by atoms with Gasteiger partial charge in [0.1, 0.15) is 5.60 Å². The fourth-order valence-corrected chi connectivity index (χ4v) is 0.896. The summed E-state index contributed by atoms with van der Waals surface area (Å²) in [5.74, 6) is -4.88. The Balaban J connectivity index is 4.58. The predicted octanol–water partition coefficient (Wildman–Crippen LogP) is -3.44. The molecule has 0 heterocycles. The Morgan fingerprint density at radius 1 is 1.27 bits per heavy atom. The van der Waals surface area contributed by atoms with Gasteiger partial charge in [-0.2, -0.15) is 0 Å². The lowest BCUT2D eigenvalue weighted by atomic mass is 9.96. The SMILES string of the molecule is CCOC(=O)CC(O)(CC(=O)[O-])C(=O)[O-]. The third-order valence-electron chi connectivity index (χ3n) is 1.56. The quantitative estimate of drug-likeness (QED) is 0.459. The number of aliphatic carboxylic acids is 2. The van der Waals surface area contributed by atoms with Crippen molar-refractivity contribution in [1.82, 2.24) is 0 Å². The van der Waals surface area contributed by atoms with Crippen molar-refractivity contribution in [3.8, 4) is 0 Å². The molecule has 0 aromatic carbocycles. The first kappa shape index (κ1) is 13.4. The number of rotatable bonds is 6. The highest BCUT2D eigenvalue weighted by Crippen LogP contribution is 2.15. The maximum Gasteiger partial charge on any atom is 0.309 e. The van der Waals surface area contributed by atoms with Crippen LogP contribution in [-0.2, 0) is 19.1 Å². The van der Waals surface area contributed by atoms with E-state index in [1.807, 2.05) is 0 Å². The largest absolute Gasteiger partial charge is 0.550 e. The van der Waals surface area contributed by atoms with Crippen molar-refractivity contribution in [2.24, 2.45) is 0 Å². The highest BCUT2D eigenvalue weighted by atomic mass is 16.5. The van der Waals surface area contributed by atoms with Crippen LogP contribution < -0.4 is 10.2 Å². The number of carbonyl (C=O) groups excluding carboxylic acids is 3. The summed E-state index contributed by atoms with van der Waals surface area (Å²) in [5, 5.41) is 29.9. The van der Waals surface area contributed by atoms with E-state index < -0.39 is 36.4 Å². The minimum Gasteiger partial charge on any atom is -0.550 e. The van der Waals surface area contributed by atoms with Crippen molar-refractivity contribution in [2.75, 3.05) is 6.61 Å². The molecule has 0 amide bonds. The van der Waals surface area contributed by atoms with Gasteiger partial charge >= 0.3 is 5.97 Å². The molecule has 1 N–H and O–H groups in total. The first-order valence-corrected chi connectivity index (χ1v) is 4.11. The van der Waals surface area contributed by atoms with Gasteiger partial charge < -0.3 is 29.6 Å². The van der Waals surface area contributed by atoms with Gasteiger partial charge in [-0.25, -0.2) is 0 Å². The molecule has 7 heteroatoms. The summed E-state index contributed by atoms with van der Waals surface area (Å²) < 4.78 is 4.37. The molecule has 0 aromatic rings. The fourth-order valence-electron chi connectivity index (χ4n) is 0.896. The van der Waals surface area contributed by atoms with Crippen LogP contribution in [0.15, 0.2) is 0 Å². The van der Waals surface area contributed by atoms with Gasteiger partial charge in [-0.05, 0) is 6.92 Å². The second kappa shape index (κ2) is 5.30. The number of esters is 1. The molecule has 15 heavy (non-hydrogen) atoms. The minimum absolute atomic E-state index is 0.00666. The summed E-state index contributed by atoms with van der Waals surface area (Å²) in [4.78, 5) is 31.4. The first-order valence-electron chi connectivity index (χ1n) is 4.11. The van der Waals surface area contributed by atoms with Gasteiger partial charge in [0.05, 0.1) is 19.0 Å². The Bertz CT molecular complexity index is 272. The van der Waals surface area contributed by atoms with Crippen molar-refractivity contribution in [3.63, 3.8) is 0 Å². The Morgan fingerprint density at radius 3 is 2.13 bits per heavy atom. The number of aliphatic hydroxyl groups is 1.